The number of methoxy groups -OCH3 is 1. The fraction of sp³-hybridized carbons (Fsp3) is 0.900. The van der Waals surface area contributed by atoms with Gasteiger partial charge in [0.1, 0.15) is 6.04 Å². The molecule has 0 saturated carbocycles. The Bertz CT molecular complexity index is 270. The zero-order chi connectivity index (χ0) is 11.1. The average Bonchev–Trinajstić information content (AvgIpc) is 2.57. The van der Waals surface area contributed by atoms with Crippen molar-refractivity contribution in [2.24, 2.45) is 0 Å². The molecule has 0 aliphatic carbocycles. The van der Waals surface area contributed by atoms with Crippen molar-refractivity contribution < 1.29 is 18.3 Å². The summed E-state index contributed by atoms with van der Waals surface area (Å²) in [5.74, 6) is -2.84. The number of nitrogens with zero attached hydrogens (tertiary/aromatic N) is 1. The number of hydrogen-bond acceptors (Lipinski definition) is 3. The van der Waals surface area contributed by atoms with Crippen LogP contribution in [0.3, 0.4) is 0 Å². The molecular formula is C10H15F2NO2. The highest BCUT2D eigenvalue weighted by atomic mass is 19.3. The van der Waals surface area contributed by atoms with E-state index >= 15 is 0 Å². The molecule has 0 amide bonds. The molecule has 15 heavy (non-hydrogen) atoms. The Morgan fingerprint density at radius 2 is 2.20 bits per heavy atom. The van der Waals surface area contributed by atoms with Crippen LogP contribution in [-0.4, -0.2) is 42.5 Å². The summed E-state index contributed by atoms with van der Waals surface area (Å²) in [5, 5.41) is 0. The Balaban J connectivity index is 2.04. The Morgan fingerprint density at radius 3 is 2.87 bits per heavy atom. The van der Waals surface area contributed by atoms with Crippen LogP contribution in [0.2, 0.25) is 0 Å². The Morgan fingerprint density at radius 1 is 1.47 bits per heavy atom. The molecule has 2 aliphatic heterocycles. The standard InChI is InChI=1S/C10H15F2NO2/c1-15-9(14)8-3-2-7-6-10(11,12)4-5-13(7)8/h7-8H,2-6H2,1H3/t7?,8-/m0/s1. The van der Waals surface area contributed by atoms with E-state index in [1.807, 2.05) is 4.90 Å². The minimum atomic E-state index is -2.55. The number of alkyl halides is 2. The highest BCUT2D eigenvalue weighted by Crippen LogP contribution is 2.39. The molecule has 86 valence electrons. The first-order valence-electron chi connectivity index (χ1n) is 5.25. The number of carbonyl (C=O) groups excluding carboxylic acids is 1. The summed E-state index contributed by atoms with van der Waals surface area (Å²) < 4.78 is 30.9. The van der Waals surface area contributed by atoms with E-state index in [1.54, 1.807) is 0 Å². The highest BCUT2D eigenvalue weighted by molar-refractivity contribution is 5.76. The van der Waals surface area contributed by atoms with Crippen LogP contribution in [0.4, 0.5) is 8.78 Å². The molecule has 2 atom stereocenters. The quantitative estimate of drug-likeness (QED) is 0.625. The van der Waals surface area contributed by atoms with Crippen molar-refractivity contribution in [2.45, 2.75) is 43.7 Å². The van der Waals surface area contributed by atoms with E-state index in [2.05, 4.69) is 4.74 Å². The van der Waals surface area contributed by atoms with Crippen LogP contribution in [0.15, 0.2) is 0 Å². The number of fused-ring (bicyclic) bond motifs is 1. The zero-order valence-electron chi connectivity index (χ0n) is 8.71. The van der Waals surface area contributed by atoms with Crippen LogP contribution in [0, 0.1) is 0 Å². The number of carbonyl (C=O) groups is 1. The second-order valence-corrected chi connectivity index (χ2v) is 4.32. The minimum Gasteiger partial charge on any atom is -0.468 e. The van der Waals surface area contributed by atoms with E-state index in [-0.39, 0.29) is 30.9 Å². The third-order valence-corrected chi connectivity index (χ3v) is 3.39. The number of ether oxygens (including phenoxy) is 1. The largest absolute Gasteiger partial charge is 0.468 e. The van der Waals surface area contributed by atoms with Crippen LogP contribution in [0.25, 0.3) is 0 Å². The smallest absolute Gasteiger partial charge is 0.323 e. The molecule has 0 bridgehead atoms. The molecule has 0 aromatic heterocycles. The molecule has 3 nitrogen and oxygen atoms in total. The molecule has 0 radical (unpaired) electrons. The predicted molar refractivity (Wildman–Crippen MR) is 49.7 cm³/mol. The van der Waals surface area contributed by atoms with Gasteiger partial charge in [-0.1, -0.05) is 0 Å². The summed E-state index contributed by atoms with van der Waals surface area (Å²) in [6.07, 6.45) is 1.07. The van der Waals surface area contributed by atoms with Crippen LogP contribution in [0.1, 0.15) is 25.7 Å². The van der Waals surface area contributed by atoms with Gasteiger partial charge in [-0.15, -0.1) is 0 Å². The summed E-state index contributed by atoms with van der Waals surface area (Å²) in [5.41, 5.74) is 0. The lowest BCUT2D eigenvalue weighted by Gasteiger charge is -2.36. The van der Waals surface area contributed by atoms with Crippen molar-refractivity contribution in [3.63, 3.8) is 0 Å². The second-order valence-electron chi connectivity index (χ2n) is 4.32. The lowest BCUT2D eigenvalue weighted by atomic mass is 9.99. The van der Waals surface area contributed by atoms with E-state index in [0.29, 0.717) is 19.4 Å². The van der Waals surface area contributed by atoms with Crippen LogP contribution < -0.4 is 0 Å². The molecule has 1 unspecified atom stereocenters. The average molecular weight is 219 g/mol. The van der Waals surface area contributed by atoms with Gasteiger partial charge in [0.05, 0.1) is 7.11 Å². The maximum absolute atomic E-state index is 13.1. The third-order valence-electron chi connectivity index (χ3n) is 3.39. The normalized spacial score (nSPS) is 34.9. The lowest BCUT2D eigenvalue weighted by molar-refractivity contribution is -0.149. The topological polar surface area (TPSA) is 29.5 Å². The fourth-order valence-corrected chi connectivity index (χ4v) is 2.62. The summed E-state index contributed by atoms with van der Waals surface area (Å²) in [7, 11) is 1.34. The fourth-order valence-electron chi connectivity index (χ4n) is 2.62. The van der Waals surface area contributed by atoms with Crippen LogP contribution in [-0.2, 0) is 9.53 Å². The molecule has 2 fully saturated rings. The third kappa shape index (κ3) is 1.97. The molecule has 2 heterocycles. The second kappa shape index (κ2) is 3.70. The van der Waals surface area contributed by atoms with E-state index < -0.39 is 5.92 Å². The first kappa shape index (κ1) is 10.8. The molecule has 2 saturated heterocycles. The Labute approximate surface area is 87.4 Å². The Kier molecular flexibility index (Phi) is 2.66. The van der Waals surface area contributed by atoms with E-state index in [1.165, 1.54) is 7.11 Å². The minimum absolute atomic E-state index is 0.111. The van der Waals surface area contributed by atoms with Crippen molar-refractivity contribution in [2.75, 3.05) is 13.7 Å². The summed E-state index contributed by atoms with van der Waals surface area (Å²) in [6, 6.07) is -0.436. The molecular weight excluding hydrogens is 204 g/mol. The van der Waals surface area contributed by atoms with Gasteiger partial charge in [-0.05, 0) is 12.8 Å². The van der Waals surface area contributed by atoms with Gasteiger partial charge in [-0.25, -0.2) is 8.78 Å². The van der Waals surface area contributed by atoms with E-state index in [4.69, 9.17) is 0 Å². The highest BCUT2D eigenvalue weighted by Gasteiger charge is 2.47. The Hall–Kier alpha value is -0.710. The maximum Gasteiger partial charge on any atom is 0.323 e. The van der Waals surface area contributed by atoms with Crippen molar-refractivity contribution in [1.29, 1.82) is 0 Å². The van der Waals surface area contributed by atoms with Gasteiger partial charge < -0.3 is 4.74 Å². The lowest BCUT2D eigenvalue weighted by Crippen LogP contribution is -2.49. The molecule has 2 rings (SSSR count). The van der Waals surface area contributed by atoms with E-state index in [0.717, 1.165) is 0 Å². The van der Waals surface area contributed by atoms with Crippen molar-refractivity contribution in [1.82, 2.24) is 4.90 Å². The van der Waals surface area contributed by atoms with Crippen molar-refractivity contribution >= 4 is 5.97 Å². The number of piperidine rings is 1. The van der Waals surface area contributed by atoms with Gasteiger partial charge in [0, 0.05) is 25.4 Å². The van der Waals surface area contributed by atoms with Crippen molar-refractivity contribution in [3.8, 4) is 0 Å². The van der Waals surface area contributed by atoms with Crippen LogP contribution >= 0.6 is 0 Å². The number of esters is 1. The first-order chi connectivity index (χ1) is 7.03. The molecule has 2 aliphatic rings. The molecule has 0 aromatic rings. The number of rotatable bonds is 1. The van der Waals surface area contributed by atoms with Gasteiger partial charge >= 0.3 is 5.97 Å². The number of hydrogen-bond donors (Lipinski definition) is 0. The zero-order valence-corrected chi connectivity index (χ0v) is 8.71. The first-order valence-corrected chi connectivity index (χ1v) is 5.25. The number of halogens is 2. The monoisotopic (exact) mass is 219 g/mol. The summed E-state index contributed by atoms with van der Waals surface area (Å²) >= 11 is 0. The summed E-state index contributed by atoms with van der Waals surface area (Å²) in [4.78, 5) is 13.3. The molecule has 0 spiro atoms. The van der Waals surface area contributed by atoms with E-state index in [9.17, 15) is 13.6 Å². The molecule has 5 heteroatoms. The van der Waals surface area contributed by atoms with Crippen LogP contribution in [0.5, 0.6) is 0 Å². The van der Waals surface area contributed by atoms with Crippen molar-refractivity contribution in [3.05, 3.63) is 0 Å². The van der Waals surface area contributed by atoms with Gasteiger partial charge in [-0.3, -0.25) is 9.69 Å². The SMILES string of the molecule is COC(=O)[C@@H]1CCC2CC(F)(F)CCN21. The van der Waals surface area contributed by atoms with Gasteiger partial charge in [0.2, 0.25) is 0 Å². The molecule has 0 aromatic carbocycles. The summed E-state index contributed by atoms with van der Waals surface area (Å²) in [6.45, 7) is 0.303. The van der Waals surface area contributed by atoms with Gasteiger partial charge in [0.25, 0.3) is 5.92 Å². The van der Waals surface area contributed by atoms with Gasteiger partial charge in [0.15, 0.2) is 0 Å². The molecule has 0 N–H and O–H groups in total. The predicted octanol–water partition coefficient (Wildman–Crippen LogP) is 1.42. The van der Waals surface area contributed by atoms with Gasteiger partial charge in [-0.2, -0.15) is 0 Å². The maximum atomic E-state index is 13.1.